The highest BCUT2D eigenvalue weighted by Gasteiger charge is 2.22. The van der Waals surface area contributed by atoms with Gasteiger partial charge in [0, 0.05) is 30.9 Å². The largest absolute Gasteiger partial charge is 0.497 e. The van der Waals surface area contributed by atoms with Gasteiger partial charge < -0.3 is 20.1 Å². The third-order valence-corrected chi connectivity index (χ3v) is 3.96. The predicted octanol–water partition coefficient (Wildman–Crippen LogP) is 3.22. The number of nitrogens with zero attached hydrogens (tertiary/aromatic N) is 2. The van der Waals surface area contributed by atoms with Crippen molar-refractivity contribution in [3.63, 3.8) is 0 Å². The molecule has 0 bridgehead atoms. The van der Waals surface area contributed by atoms with Gasteiger partial charge >= 0.3 is 12.6 Å². The highest BCUT2D eigenvalue weighted by molar-refractivity contribution is 5.88. The van der Waals surface area contributed by atoms with Crippen LogP contribution in [0.25, 0.3) is 0 Å². The summed E-state index contributed by atoms with van der Waals surface area (Å²) in [6.45, 7) is -2.09. The van der Waals surface area contributed by atoms with Crippen molar-refractivity contribution in [2.75, 3.05) is 12.4 Å². The first kappa shape index (κ1) is 18.0. The van der Waals surface area contributed by atoms with Gasteiger partial charge in [-0.25, -0.2) is 4.79 Å². The summed E-state index contributed by atoms with van der Waals surface area (Å²) in [4.78, 5) is 12.0. The Kier molecular flexibility index (Phi) is 5.55. The molecule has 0 atom stereocenters. The summed E-state index contributed by atoms with van der Waals surface area (Å²) in [5.74, 6) is 1.02. The highest BCUT2D eigenvalue weighted by atomic mass is 19.3. The number of alkyl halides is 2. The van der Waals surface area contributed by atoms with Crippen LogP contribution in [0.1, 0.15) is 18.4 Å². The Morgan fingerprint density at radius 2 is 2.23 bits per heavy atom. The molecule has 0 aliphatic heterocycles. The molecular weight excluding hydrogens is 346 g/mol. The van der Waals surface area contributed by atoms with E-state index in [1.807, 2.05) is 0 Å². The normalized spacial score (nSPS) is 13.5. The molecule has 7 nitrogen and oxygen atoms in total. The van der Waals surface area contributed by atoms with Crippen molar-refractivity contribution in [2.24, 2.45) is 5.92 Å². The van der Waals surface area contributed by atoms with Gasteiger partial charge in [0.1, 0.15) is 11.5 Å². The van der Waals surface area contributed by atoms with E-state index in [0.29, 0.717) is 22.9 Å². The van der Waals surface area contributed by atoms with Crippen LogP contribution < -0.4 is 20.1 Å². The van der Waals surface area contributed by atoms with Crippen LogP contribution in [0, 0.1) is 5.92 Å². The van der Waals surface area contributed by atoms with Crippen molar-refractivity contribution in [1.29, 1.82) is 0 Å². The maximum atomic E-state index is 12.5. The van der Waals surface area contributed by atoms with E-state index in [1.54, 1.807) is 29.2 Å². The van der Waals surface area contributed by atoms with E-state index in [9.17, 15) is 13.6 Å². The van der Waals surface area contributed by atoms with Crippen molar-refractivity contribution in [3.8, 4) is 11.5 Å². The number of methoxy groups -OCH3 is 1. The Morgan fingerprint density at radius 1 is 1.42 bits per heavy atom. The van der Waals surface area contributed by atoms with Gasteiger partial charge in [0.25, 0.3) is 0 Å². The van der Waals surface area contributed by atoms with Gasteiger partial charge in [-0.2, -0.15) is 13.9 Å². The van der Waals surface area contributed by atoms with E-state index in [0.717, 1.165) is 6.54 Å². The van der Waals surface area contributed by atoms with Crippen molar-refractivity contribution >= 4 is 11.7 Å². The van der Waals surface area contributed by atoms with Crippen LogP contribution >= 0.6 is 0 Å². The standard InChI is InChI=1S/C17H20F2N4O3/c1-25-14-5-4-12(15(6-14)26-16(18)19)7-20-17(24)22-13-8-21-23(10-13)9-11-2-3-11/h4-6,8,10-11,16H,2-3,7,9H2,1H3,(H2,20,22,24). The molecule has 9 heteroatoms. The number of aromatic nitrogens is 2. The summed E-state index contributed by atoms with van der Waals surface area (Å²) < 4.78 is 36.4. The van der Waals surface area contributed by atoms with Gasteiger partial charge in [-0.3, -0.25) is 4.68 Å². The van der Waals surface area contributed by atoms with Gasteiger partial charge in [0.2, 0.25) is 0 Å². The molecule has 1 aromatic heterocycles. The lowest BCUT2D eigenvalue weighted by Crippen LogP contribution is -2.28. The Labute approximate surface area is 149 Å². The first-order valence-corrected chi connectivity index (χ1v) is 8.22. The fourth-order valence-electron chi connectivity index (χ4n) is 2.46. The minimum atomic E-state index is -2.97. The molecular formula is C17H20F2N4O3. The maximum Gasteiger partial charge on any atom is 0.387 e. The Balaban J connectivity index is 1.55. The van der Waals surface area contributed by atoms with Crippen LogP contribution in [0.3, 0.4) is 0 Å². The molecule has 0 saturated heterocycles. The summed E-state index contributed by atoms with van der Waals surface area (Å²) in [5.41, 5.74) is 0.979. The first-order valence-electron chi connectivity index (χ1n) is 8.22. The smallest absolute Gasteiger partial charge is 0.387 e. The van der Waals surface area contributed by atoms with E-state index < -0.39 is 12.6 Å². The number of ether oxygens (including phenoxy) is 2. The number of carbonyl (C=O) groups excluding carboxylic acids is 1. The molecule has 1 heterocycles. The average Bonchev–Trinajstić information content (AvgIpc) is 3.31. The summed E-state index contributed by atoms with van der Waals surface area (Å²) in [5, 5.41) is 9.46. The number of halogens is 2. The molecule has 0 unspecified atom stereocenters. The van der Waals surface area contributed by atoms with E-state index >= 15 is 0 Å². The second kappa shape index (κ2) is 8.03. The zero-order valence-electron chi connectivity index (χ0n) is 14.2. The predicted molar refractivity (Wildman–Crippen MR) is 90.4 cm³/mol. The Bertz CT molecular complexity index is 762. The number of hydrogen-bond donors (Lipinski definition) is 2. The van der Waals surface area contributed by atoms with Gasteiger partial charge in [0.15, 0.2) is 0 Å². The summed E-state index contributed by atoms with van der Waals surface area (Å²) in [6.07, 6.45) is 5.76. The van der Waals surface area contributed by atoms with Gasteiger partial charge in [-0.15, -0.1) is 0 Å². The zero-order valence-corrected chi connectivity index (χ0v) is 14.2. The fourth-order valence-corrected chi connectivity index (χ4v) is 2.46. The SMILES string of the molecule is COc1ccc(CNC(=O)Nc2cnn(CC3CC3)c2)c(OC(F)F)c1. The summed E-state index contributed by atoms with van der Waals surface area (Å²) in [6, 6.07) is 4.05. The van der Waals surface area contributed by atoms with Crippen LogP contribution in [0.2, 0.25) is 0 Å². The zero-order chi connectivity index (χ0) is 18.5. The maximum absolute atomic E-state index is 12.5. The number of rotatable bonds is 8. The number of carbonyl (C=O) groups is 1. The van der Waals surface area contributed by atoms with E-state index in [-0.39, 0.29) is 12.3 Å². The summed E-state index contributed by atoms with van der Waals surface area (Å²) >= 11 is 0. The van der Waals surface area contributed by atoms with Crippen LogP contribution in [-0.4, -0.2) is 29.5 Å². The lowest BCUT2D eigenvalue weighted by Gasteiger charge is -2.13. The van der Waals surface area contributed by atoms with Crippen molar-refractivity contribution in [1.82, 2.24) is 15.1 Å². The molecule has 0 spiro atoms. The minimum absolute atomic E-state index is 0.0219. The number of anilines is 1. The topological polar surface area (TPSA) is 77.4 Å². The van der Waals surface area contributed by atoms with Gasteiger partial charge in [-0.1, -0.05) is 0 Å². The van der Waals surface area contributed by atoms with Crippen LogP contribution in [0.15, 0.2) is 30.6 Å². The number of urea groups is 1. The fraction of sp³-hybridized carbons (Fsp3) is 0.412. The molecule has 26 heavy (non-hydrogen) atoms. The second-order valence-corrected chi connectivity index (χ2v) is 6.05. The molecule has 1 saturated carbocycles. The molecule has 2 amide bonds. The number of nitrogens with one attached hydrogen (secondary N) is 2. The Hall–Kier alpha value is -2.84. The molecule has 1 aliphatic carbocycles. The first-order chi connectivity index (χ1) is 12.5. The minimum Gasteiger partial charge on any atom is -0.497 e. The quantitative estimate of drug-likeness (QED) is 0.752. The number of hydrogen-bond acceptors (Lipinski definition) is 4. The molecule has 3 rings (SSSR count). The molecule has 2 N–H and O–H groups in total. The van der Waals surface area contributed by atoms with E-state index in [4.69, 9.17) is 4.74 Å². The molecule has 140 valence electrons. The van der Waals surface area contributed by atoms with Crippen LogP contribution in [0.5, 0.6) is 11.5 Å². The second-order valence-electron chi connectivity index (χ2n) is 6.05. The highest BCUT2D eigenvalue weighted by Crippen LogP contribution is 2.30. The monoisotopic (exact) mass is 366 g/mol. The van der Waals surface area contributed by atoms with E-state index in [1.165, 1.54) is 26.0 Å². The lowest BCUT2D eigenvalue weighted by atomic mass is 10.2. The van der Waals surface area contributed by atoms with Crippen molar-refractivity contribution in [3.05, 3.63) is 36.2 Å². The van der Waals surface area contributed by atoms with Crippen molar-refractivity contribution < 1.29 is 23.0 Å². The molecule has 2 aromatic rings. The third kappa shape index (κ3) is 5.08. The van der Waals surface area contributed by atoms with Gasteiger partial charge in [0.05, 0.1) is 19.0 Å². The third-order valence-electron chi connectivity index (χ3n) is 3.96. The Morgan fingerprint density at radius 3 is 2.92 bits per heavy atom. The molecule has 1 aromatic carbocycles. The summed E-state index contributed by atoms with van der Waals surface area (Å²) in [7, 11) is 1.43. The van der Waals surface area contributed by atoms with Crippen LogP contribution in [-0.2, 0) is 13.1 Å². The molecule has 1 fully saturated rings. The van der Waals surface area contributed by atoms with Crippen molar-refractivity contribution in [2.45, 2.75) is 32.5 Å². The molecule has 0 radical (unpaired) electrons. The van der Waals surface area contributed by atoms with Gasteiger partial charge in [-0.05, 0) is 30.9 Å². The average molecular weight is 366 g/mol. The lowest BCUT2D eigenvalue weighted by molar-refractivity contribution is -0.0505. The molecule has 1 aliphatic rings. The number of benzene rings is 1. The van der Waals surface area contributed by atoms with E-state index in [2.05, 4.69) is 20.5 Å². The number of amides is 2. The van der Waals surface area contributed by atoms with Crippen LogP contribution in [0.4, 0.5) is 19.3 Å².